The van der Waals surface area contributed by atoms with E-state index in [-0.39, 0.29) is 24.0 Å². The highest BCUT2D eigenvalue weighted by Crippen LogP contribution is 2.13. The number of hydrogen-bond acceptors (Lipinski definition) is 3. The second-order valence-corrected chi connectivity index (χ2v) is 6.71. The molecule has 0 aliphatic carbocycles. The summed E-state index contributed by atoms with van der Waals surface area (Å²) in [4.78, 5) is 14.5. The molecule has 7 heteroatoms. The van der Waals surface area contributed by atoms with Gasteiger partial charge in [-0.25, -0.2) is 4.98 Å². The van der Waals surface area contributed by atoms with Crippen molar-refractivity contribution < 1.29 is 4.74 Å². The van der Waals surface area contributed by atoms with Crippen molar-refractivity contribution in [3.8, 4) is 5.75 Å². The van der Waals surface area contributed by atoms with Gasteiger partial charge in [0.1, 0.15) is 11.6 Å². The Labute approximate surface area is 189 Å². The zero-order valence-corrected chi connectivity index (χ0v) is 19.6. The van der Waals surface area contributed by atoms with Gasteiger partial charge in [0, 0.05) is 33.6 Å². The van der Waals surface area contributed by atoms with Crippen molar-refractivity contribution in [3.05, 3.63) is 59.9 Å². The lowest BCUT2D eigenvalue weighted by atomic mass is 10.2. The molecule has 0 atom stereocenters. The number of para-hydroxylation sites is 2. The van der Waals surface area contributed by atoms with Crippen molar-refractivity contribution in [3.63, 3.8) is 0 Å². The number of nitrogens with one attached hydrogen (secondary N) is 2. The van der Waals surface area contributed by atoms with Gasteiger partial charge in [-0.1, -0.05) is 24.3 Å². The van der Waals surface area contributed by atoms with E-state index in [9.17, 15) is 0 Å². The van der Waals surface area contributed by atoms with Crippen LogP contribution in [0, 0.1) is 0 Å². The maximum Gasteiger partial charge on any atom is 0.193 e. The van der Waals surface area contributed by atoms with Crippen LogP contribution in [0.1, 0.15) is 24.7 Å². The third-order valence-corrected chi connectivity index (χ3v) is 4.54. The van der Waals surface area contributed by atoms with E-state index in [1.807, 2.05) is 51.4 Å². The minimum atomic E-state index is 0. The zero-order chi connectivity index (χ0) is 19.8. The number of nitrogens with zero attached hydrogens (tertiary/aromatic N) is 3. The van der Waals surface area contributed by atoms with Crippen LogP contribution in [0.3, 0.4) is 0 Å². The van der Waals surface area contributed by atoms with Crippen molar-refractivity contribution in [1.29, 1.82) is 0 Å². The topological polar surface area (TPSA) is 65.5 Å². The summed E-state index contributed by atoms with van der Waals surface area (Å²) in [7, 11) is 3.86. The van der Waals surface area contributed by atoms with Crippen molar-refractivity contribution >= 4 is 41.0 Å². The van der Waals surface area contributed by atoms with E-state index in [1.54, 1.807) is 0 Å². The van der Waals surface area contributed by atoms with Gasteiger partial charge in [0.25, 0.3) is 0 Å². The number of benzene rings is 2. The van der Waals surface area contributed by atoms with Crippen molar-refractivity contribution in [2.75, 3.05) is 27.2 Å². The summed E-state index contributed by atoms with van der Waals surface area (Å²) in [5, 5.41) is 3.43. The number of guanidine groups is 1. The van der Waals surface area contributed by atoms with Crippen LogP contribution in [0.15, 0.2) is 53.5 Å². The lowest BCUT2D eigenvalue weighted by molar-refractivity contribution is 0.340. The SMILES string of the molecule is CCOc1ccc(CN(C)C(=NC)NCCCc2nc3ccccc3[nH]2)cc1.I. The molecule has 6 nitrogen and oxygen atoms in total. The number of ether oxygens (including phenoxy) is 1. The molecule has 156 valence electrons. The highest BCUT2D eigenvalue weighted by Gasteiger charge is 2.07. The number of rotatable bonds is 8. The molecule has 1 aromatic heterocycles. The Morgan fingerprint density at radius 2 is 1.93 bits per heavy atom. The van der Waals surface area contributed by atoms with E-state index in [0.29, 0.717) is 6.61 Å². The van der Waals surface area contributed by atoms with E-state index < -0.39 is 0 Å². The summed E-state index contributed by atoms with van der Waals surface area (Å²) >= 11 is 0. The molecule has 0 unspecified atom stereocenters. The van der Waals surface area contributed by atoms with Crippen molar-refractivity contribution in [1.82, 2.24) is 20.2 Å². The summed E-state index contributed by atoms with van der Waals surface area (Å²) in [5.74, 6) is 2.82. The Bertz CT molecular complexity index is 874. The van der Waals surface area contributed by atoms with Gasteiger partial charge in [-0.2, -0.15) is 0 Å². The Kier molecular flexibility index (Phi) is 9.24. The van der Waals surface area contributed by atoms with Crippen LogP contribution in [-0.2, 0) is 13.0 Å². The fourth-order valence-electron chi connectivity index (χ4n) is 3.17. The van der Waals surface area contributed by atoms with Crippen LogP contribution in [0.25, 0.3) is 11.0 Å². The van der Waals surface area contributed by atoms with E-state index in [1.165, 1.54) is 5.56 Å². The Hall–Kier alpha value is -2.29. The Morgan fingerprint density at radius 3 is 2.62 bits per heavy atom. The average Bonchev–Trinajstić information content (AvgIpc) is 3.12. The smallest absolute Gasteiger partial charge is 0.193 e. The molecule has 29 heavy (non-hydrogen) atoms. The van der Waals surface area contributed by atoms with E-state index in [4.69, 9.17) is 4.74 Å². The lowest BCUT2D eigenvalue weighted by Crippen LogP contribution is -2.39. The number of aromatic amines is 1. The van der Waals surface area contributed by atoms with Crippen molar-refractivity contribution in [2.45, 2.75) is 26.3 Å². The number of H-pyrrole nitrogens is 1. The molecule has 0 aliphatic heterocycles. The number of halogens is 1. The summed E-state index contributed by atoms with van der Waals surface area (Å²) in [6.07, 6.45) is 1.89. The molecule has 3 rings (SSSR count). The summed E-state index contributed by atoms with van der Waals surface area (Å²) in [5.41, 5.74) is 3.34. The molecule has 0 saturated heterocycles. The number of aromatic nitrogens is 2. The number of aliphatic imine (C=N–C) groups is 1. The number of aryl methyl sites for hydroxylation is 1. The molecule has 1 heterocycles. The maximum atomic E-state index is 5.50. The second kappa shape index (κ2) is 11.6. The molecular formula is C22H30IN5O. The molecule has 0 amide bonds. The lowest BCUT2D eigenvalue weighted by Gasteiger charge is -2.22. The highest BCUT2D eigenvalue weighted by atomic mass is 127. The third kappa shape index (κ3) is 6.62. The van der Waals surface area contributed by atoms with Crippen LogP contribution in [0.4, 0.5) is 0 Å². The molecular weight excluding hydrogens is 477 g/mol. The predicted molar refractivity (Wildman–Crippen MR) is 130 cm³/mol. The molecule has 0 bridgehead atoms. The average molecular weight is 507 g/mol. The quantitative estimate of drug-likeness (QED) is 0.208. The summed E-state index contributed by atoms with van der Waals surface area (Å²) in [6.45, 7) is 4.31. The minimum Gasteiger partial charge on any atom is -0.494 e. The maximum absolute atomic E-state index is 5.50. The minimum absolute atomic E-state index is 0. The summed E-state index contributed by atoms with van der Waals surface area (Å²) in [6, 6.07) is 16.3. The van der Waals surface area contributed by atoms with Crippen LogP contribution >= 0.6 is 24.0 Å². The molecule has 2 aromatic carbocycles. The van der Waals surface area contributed by atoms with Gasteiger partial charge < -0.3 is 19.9 Å². The first-order chi connectivity index (χ1) is 13.7. The first-order valence-electron chi connectivity index (χ1n) is 9.76. The number of imidazole rings is 1. The number of fused-ring (bicyclic) bond motifs is 1. The van der Waals surface area contributed by atoms with Crippen LogP contribution in [0.2, 0.25) is 0 Å². The first kappa shape index (κ1) is 23.0. The number of hydrogen-bond donors (Lipinski definition) is 2. The third-order valence-electron chi connectivity index (χ3n) is 4.54. The Balaban J connectivity index is 0.00000300. The molecule has 0 fully saturated rings. The standard InChI is InChI=1S/C22H29N5O.HI/c1-4-28-18-13-11-17(12-14-18)16-27(3)22(23-2)24-15-7-10-21-25-19-8-5-6-9-20(19)26-21;/h5-6,8-9,11-14H,4,7,10,15-16H2,1-3H3,(H,23,24)(H,25,26);1H. The molecule has 2 N–H and O–H groups in total. The monoisotopic (exact) mass is 507 g/mol. The van der Waals surface area contributed by atoms with Gasteiger partial charge in [0.2, 0.25) is 0 Å². The fourth-order valence-corrected chi connectivity index (χ4v) is 3.17. The molecule has 0 spiro atoms. The molecule has 3 aromatic rings. The second-order valence-electron chi connectivity index (χ2n) is 6.71. The van der Waals surface area contributed by atoms with E-state index >= 15 is 0 Å². The van der Waals surface area contributed by atoms with Gasteiger partial charge in [-0.15, -0.1) is 24.0 Å². The predicted octanol–water partition coefficient (Wildman–Crippen LogP) is 4.22. The zero-order valence-electron chi connectivity index (χ0n) is 17.3. The van der Waals surface area contributed by atoms with Crippen LogP contribution in [0.5, 0.6) is 5.75 Å². The normalized spacial score (nSPS) is 11.2. The van der Waals surface area contributed by atoms with Crippen molar-refractivity contribution in [2.24, 2.45) is 4.99 Å². The van der Waals surface area contributed by atoms with Gasteiger partial charge in [0.05, 0.1) is 17.6 Å². The van der Waals surface area contributed by atoms with Crippen LogP contribution < -0.4 is 10.1 Å². The largest absolute Gasteiger partial charge is 0.494 e. The van der Waals surface area contributed by atoms with E-state index in [2.05, 4.69) is 43.4 Å². The van der Waals surface area contributed by atoms with Gasteiger partial charge in [0.15, 0.2) is 5.96 Å². The van der Waals surface area contributed by atoms with Crippen LogP contribution in [-0.4, -0.2) is 48.1 Å². The molecule has 0 aliphatic rings. The highest BCUT2D eigenvalue weighted by molar-refractivity contribution is 14.0. The molecule has 0 saturated carbocycles. The van der Waals surface area contributed by atoms with E-state index in [0.717, 1.165) is 54.5 Å². The first-order valence-corrected chi connectivity index (χ1v) is 9.76. The van der Waals surface area contributed by atoms with Gasteiger partial charge in [-0.3, -0.25) is 4.99 Å². The molecule has 0 radical (unpaired) electrons. The van der Waals surface area contributed by atoms with Gasteiger partial charge >= 0.3 is 0 Å². The fraction of sp³-hybridized carbons (Fsp3) is 0.364. The summed E-state index contributed by atoms with van der Waals surface area (Å²) < 4.78 is 5.50. The Morgan fingerprint density at radius 1 is 1.17 bits per heavy atom. The van der Waals surface area contributed by atoms with Gasteiger partial charge in [-0.05, 0) is 43.2 Å².